The standard InChI is InChI=1S/C18H17F2NOS/c1-13(23-11-5-8-14-6-3-2-4-7-14)18(22)21-15-9-10-16(19)17(20)12-15/h2-10,12-13H,11H2,1H3,(H,21,22)/b8-5+. The van der Waals surface area contributed by atoms with Crippen LogP contribution in [0, 0.1) is 11.6 Å². The Kier molecular flexibility index (Phi) is 6.35. The normalized spacial score (nSPS) is 12.3. The summed E-state index contributed by atoms with van der Waals surface area (Å²) in [6.07, 6.45) is 3.98. The van der Waals surface area contributed by atoms with Crippen molar-refractivity contribution in [2.45, 2.75) is 12.2 Å². The van der Waals surface area contributed by atoms with Gasteiger partial charge in [0.05, 0.1) is 5.25 Å². The van der Waals surface area contributed by atoms with Gasteiger partial charge in [0.15, 0.2) is 11.6 Å². The number of amides is 1. The van der Waals surface area contributed by atoms with Crippen molar-refractivity contribution in [1.29, 1.82) is 0 Å². The highest BCUT2D eigenvalue weighted by Gasteiger charge is 2.13. The lowest BCUT2D eigenvalue weighted by Crippen LogP contribution is -2.22. The van der Waals surface area contributed by atoms with Gasteiger partial charge in [0, 0.05) is 17.5 Å². The summed E-state index contributed by atoms with van der Waals surface area (Å²) in [5, 5.41) is 2.28. The van der Waals surface area contributed by atoms with Gasteiger partial charge in [-0.05, 0) is 24.6 Å². The van der Waals surface area contributed by atoms with Gasteiger partial charge < -0.3 is 5.32 Å². The Morgan fingerprint density at radius 2 is 1.91 bits per heavy atom. The van der Waals surface area contributed by atoms with Crippen LogP contribution in [-0.2, 0) is 4.79 Å². The van der Waals surface area contributed by atoms with E-state index in [1.807, 2.05) is 42.5 Å². The molecule has 120 valence electrons. The van der Waals surface area contributed by atoms with Crippen molar-refractivity contribution in [3.8, 4) is 0 Å². The predicted octanol–water partition coefficient (Wildman–Crippen LogP) is 4.74. The monoisotopic (exact) mass is 333 g/mol. The van der Waals surface area contributed by atoms with Crippen LogP contribution in [0.5, 0.6) is 0 Å². The second-order valence-electron chi connectivity index (χ2n) is 4.91. The minimum absolute atomic E-state index is 0.242. The summed E-state index contributed by atoms with van der Waals surface area (Å²) in [7, 11) is 0. The van der Waals surface area contributed by atoms with Crippen LogP contribution in [0.4, 0.5) is 14.5 Å². The van der Waals surface area contributed by atoms with Crippen molar-refractivity contribution in [2.75, 3.05) is 11.1 Å². The van der Waals surface area contributed by atoms with Gasteiger partial charge >= 0.3 is 0 Å². The summed E-state index contributed by atoms with van der Waals surface area (Å²) in [6.45, 7) is 1.77. The maximum Gasteiger partial charge on any atom is 0.237 e. The van der Waals surface area contributed by atoms with Gasteiger partial charge in [0.2, 0.25) is 5.91 Å². The number of anilines is 1. The van der Waals surface area contributed by atoms with Gasteiger partial charge in [-0.3, -0.25) is 4.79 Å². The molecule has 0 aliphatic rings. The number of carbonyl (C=O) groups is 1. The van der Waals surface area contributed by atoms with Gasteiger partial charge in [-0.25, -0.2) is 8.78 Å². The van der Waals surface area contributed by atoms with E-state index in [4.69, 9.17) is 0 Å². The number of hydrogen-bond acceptors (Lipinski definition) is 2. The maximum atomic E-state index is 13.1. The zero-order valence-corrected chi connectivity index (χ0v) is 13.4. The lowest BCUT2D eigenvalue weighted by molar-refractivity contribution is -0.115. The maximum absolute atomic E-state index is 13.1. The first-order valence-electron chi connectivity index (χ1n) is 7.15. The van der Waals surface area contributed by atoms with E-state index in [0.29, 0.717) is 5.75 Å². The van der Waals surface area contributed by atoms with E-state index in [9.17, 15) is 13.6 Å². The first kappa shape index (κ1) is 17.2. The van der Waals surface area contributed by atoms with Gasteiger partial charge in [-0.2, -0.15) is 0 Å². The molecule has 1 N–H and O–H groups in total. The minimum Gasteiger partial charge on any atom is -0.325 e. The number of benzene rings is 2. The highest BCUT2D eigenvalue weighted by Crippen LogP contribution is 2.17. The quantitative estimate of drug-likeness (QED) is 0.827. The number of halogens is 2. The summed E-state index contributed by atoms with van der Waals surface area (Å²) >= 11 is 1.46. The van der Waals surface area contributed by atoms with Crippen LogP contribution >= 0.6 is 11.8 Å². The Bertz CT molecular complexity index is 689. The Morgan fingerprint density at radius 1 is 1.17 bits per heavy atom. The molecule has 1 unspecified atom stereocenters. The first-order valence-corrected chi connectivity index (χ1v) is 8.20. The van der Waals surface area contributed by atoms with Gasteiger partial charge in [0.1, 0.15) is 0 Å². The third kappa shape index (κ3) is 5.53. The Hall–Kier alpha value is -2.14. The number of hydrogen-bond donors (Lipinski definition) is 1. The fraction of sp³-hybridized carbons (Fsp3) is 0.167. The molecule has 0 aliphatic carbocycles. The van der Waals surface area contributed by atoms with Crippen LogP contribution < -0.4 is 5.32 Å². The summed E-state index contributed by atoms with van der Waals surface area (Å²) in [5.74, 6) is -1.47. The van der Waals surface area contributed by atoms with E-state index < -0.39 is 11.6 Å². The summed E-state index contributed by atoms with van der Waals surface area (Å²) < 4.78 is 25.9. The van der Waals surface area contributed by atoms with Crippen LogP contribution in [0.3, 0.4) is 0 Å². The third-order valence-corrected chi connectivity index (χ3v) is 4.21. The average molecular weight is 333 g/mol. The Morgan fingerprint density at radius 3 is 2.61 bits per heavy atom. The first-order chi connectivity index (χ1) is 11.1. The number of nitrogens with one attached hydrogen (secondary N) is 1. The second kappa shape index (κ2) is 8.48. The molecule has 0 heterocycles. The zero-order valence-electron chi connectivity index (χ0n) is 12.6. The van der Waals surface area contributed by atoms with Crippen LogP contribution in [0.25, 0.3) is 6.08 Å². The second-order valence-corrected chi connectivity index (χ2v) is 6.28. The van der Waals surface area contributed by atoms with E-state index in [0.717, 1.165) is 17.7 Å². The highest BCUT2D eigenvalue weighted by molar-refractivity contribution is 8.00. The molecule has 5 heteroatoms. The van der Waals surface area contributed by atoms with E-state index in [1.54, 1.807) is 6.92 Å². The van der Waals surface area contributed by atoms with Crippen molar-refractivity contribution in [3.05, 3.63) is 71.8 Å². The summed E-state index contributed by atoms with van der Waals surface area (Å²) in [6, 6.07) is 13.2. The van der Waals surface area contributed by atoms with Crippen molar-refractivity contribution in [3.63, 3.8) is 0 Å². The molecule has 0 fully saturated rings. The SMILES string of the molecule is CC(SC/C=C/c1ccccc1)C(=O)Nc1ccc(F)c(F)c1. The molecule has 2 aromatic carbocycles. The molecule has 2 nitrogen and oxygen atoms in total. The van der Waals surface area contributed by atoms with Crippen molar-refractivity contribution < 1.29 is 13.6 Å². The molecule has 0 saturated heterocycles. The smallest absolute Gasteiger partial charge is 0.237 e. The van der Waals surface area contributed by atoms with Crippen LogP contribution in [0.1, 0.15) is 12.5 Å². The molecule has 23 heavy (non-hydrogen) atoms. The summed E-state index contributed by atoms with van der Waals surface area (Å²) in [5.41, 5.74) is 1.35. The highest BCUT2D eigenvalue weighted by atomic mass is 32.2. The molecule has 1 amide bonds. The van der Waals surface area contributed by atoms with Gasteiger partial charge in [-0.15, -0.1) is 11.8 Å². The van der Waals surface area contributed by atoms with Crippen molar-refractivity contribution in [2.24, 2.45) is 0 Å². The molecule has 1 atom stereocenters. The summed E-state index contributed by atoms with van der Waals surface area (Å²) in [4.78, 5) is 12.0. The minimum atomic E-state index is -0.978. The van der Waals surface area contributed by atoms with Gasteiger partial charge in [0.25, 0.3) is 0 Å². The molecule has 0 saturated carbocycles. The fourth-order valence-corrected chi connectivity index (χ4v) is 2.55. The van der Waals surface area contributed by atoms with Gasteiger partial charge in [-0.1, -0.05) is 42.5 Å². The number of thioether (sulfide) groups is 1. The number of rotatable bonds is 6. The van der Waals surface area contributed by atoms with E-state index >= 15 is 0 Å². The molecular weight excluding hydrogens is 316 g/mol. The predicted molar refractivity (Wildman–Crippen MR) is 92.4 cm³/mol. The van der Waals surface area contributed by atoms with Crippen LogP contribution in [0.2, 0.25) is 0 Å². The van der Waals surface area contributed by atoms with E-state index in [1.165, 1.54) is 17.8 Å². The molecule has 2 aromatic rings. The largest absolute Gasteiger partial charge is 0.325 e. The molecule has 0 spiro atoms. The third-order valence-electron chi connectivity index (χ3n) is 3.11. The molecule has 0 aromatic heterocycles. The fourth-order valence-electron chi connectivity index (χ4n) is 1.84. The Balaban J connectivity index is 1.80. The molecule has 0 bridgehead atoms. The zero-order chi connectivity index (χ0) is 16.7. The van der Waals surface area contributed by atoms with Crippen LogP contribution in [0.15, 0.2) is 54.6 Å². The van der Waals surface area contributed by atoms with Crippen molar-refractivity contribution in [1.82, 2.24) is 0 Å². The number of carbonyl (C=O) groups excluding carboxylic acids is 1. The van der Waals surface area contributed by atoms with E-state index in [-0.39, 0.29) is 16.8 Å². The lowest BCUT2D eigenvalue weighted by atomic mass is 10.2. The van der Waals surface area contributed by atoms with Crippen LogP contribution in [-0.4, -0.2) is 16.9 Å². The van der Waals surface area contributed by atoms with E-state index in [2.05, 4.69) is 5.32 Å². The Labute approximate surface area is 138 Å². The van der Waals surface area contributed by atoms with Crippen molar-refractivity contribution >= 4 is 29.4 Å². The lowest BCUT2D eigenvalue weighted by Gasteiger charge is -2.11. The average Bonchev–Trinajstić information content (AvgIpc) is 2.55. The molecular formula is C18H17F2NOS. The molecule has 0 aliphatic heterocycles. The molecule has 0 radical (unpaired) electrons. The topological polar surface area (TPSA) is 29.1 Å². The molecule has 2 rings (SSSR count).